The molecule has 0 radical (unpaired) electrons. The second kappa shape index (κ2) is 6.32. The van der Waals surface area contributed by atoms with E-state index in [1.165, 1.54) is 5.56 Å². The minimum Gasteiger partial charge on any atom is -0.378 e. The van der Waals surface area contributed by atoms with Crippen molar-refractivity contribution in [2.24, 2.45) is 0 Å². The van der Waals surface area contributed by atoms with Crippen LogP contribution in [-0.2, 0) is 17.9 Å². The van der Waals surface area contributed by atoms with Gasteiger partial charge in [0.15, 0.2) is 0 Å². The van der Waals surface area contributed by atoms with Crippen LogP contribution in [0.2, 0.25) is 0 Å². The fourth-order valence-electron chi connectivity index (χ4n) is 3.02. The van der Waals surface area contributed by atoms with Gasteiger partial charge in [-0.25, -0.2) is 4.98 Å². The Morgan fingerprint density at radius 2 is 2.09 bits per heavy atom. The Morgan fingerprint density at radius 1 is 1.32 bits per heavy atom. The van der Waals surface area contributed by atoms with Crippen molar-refractivity contribution in [3.63, 3.8) is 0 Å². The molecule has 1 aliphatic rings. The minimum absolute atomic E-state index is 0.00316. The zero-order chi connectivity index (χ0) is 15.5. The van der Waals surface area contributed by atoms with Gasteiger partial charge in [0.05, 0.1) is 24.9 Å². The molecule has 0 aliphatic carbocycles. The Morgan fingerprint density at radius 3 is 2.77 bits per heavy atom. The van der Waals surface area contributed by atoms with E-state index in [-0.39, 0.29) is 11.6 Å². The van der Waals surface area contributed by atoms with Gasteiger partial charge in [-0.15, -0.1) is 0 Å². The molecule has 0 saturated heterocycles. The maximum atomic E-state index is 12.4. The largest absolute Gasteiger partial charge is 0.378 e. The van der Waals surface area contributed by atoms with Crippen molar-refractivity contribution < 1.29 is 4.74 Å². The molecular weight excluding hydrogens is 278 g/mol. The first-order valence-corrected chi connectivity index (χ1v) is 7.66. The molecule has 0 saturated carbocycles. The van der Waals surface area contributed by atoms with Gasteiger partial charge in [-0.05, 0) is 12.0 Å². The van der Waals surface area contributed by atoms with Crippen LogP contribution in [0.5, 0.6) is 0 Å². The summed E-state index contributed by atoms with van der Waals surface area (Å²) in [5.41, 5.74) is 1.90. The van der Waals surface area contributed by atoms with Crippen molar-refractivity contribution in [3.05, 3.63) is 58.0 Å². The maximum absolute atomic E-state index is 12.4. The fourth-order valence-corrected chi connectivity index (χ4v) is 3.02. The highest BCUT2D eigenvalue weighted by atomic mass is 16.5. The van der Waals surface area contributed by atoms with Crippen LogP contribution in [0, 0.1) is 0 Å². The van der Waals surface area contributed by atoms with Gasteiger partial charge >= 0.3 is 0 Å². The summed E-state index contributed by atoms with van der Waals surface area (Å²) in [6.07, 6.45) is 1.01. The quantitative estimate of drug-likeness (QED) is 0.850. The van der Waals surface area contributed by atoms with Gasteiger partial charge in [0.25, 0.3) is 5.56 Å². The average molecular weight is 299 g/mol. The van der Waals surface area contributed by atoms with E-state index in [4.69, 9.17) is 4.74 Å². The zero-order valence-corrected chi connectivity index (χ0v) is 13.0. The van der Waals surface area contributed by atoms with E-state index in [1.54, 1.807) is 17.7 Å². The normalized spacial score (nSPS) is 16.8. The number of nitrogens with zero attached hydrogens (tertiary/aromatic N) is 3. The van der Waals surface area contributed by atoms with Crippen molar-refractivity contribution in [1.82, 2.24) is 9.55 Å². The fraction of sp³-hybridized carbons (Fsp3) is 0.412. The summed E-state index contributed by atoms with van der Waals surface area (Å²) in [6.45, 7) is 4.03. The molecule has 0 spiro atoms. The van der Waals surface area contributed by atoms with Crippen molar-refractivity contribution in [2.75, 3.05) is 18.6 Å². The molecular formula is C17H21N3O2. The monoisotopic (exact) mass is 299 g/mol. The lowest BCUT2D eigenvalue weighted by Crippen LogP contribution is -2.27. The lowest BCUT2D eigenvalue weighted by Gasteiger charge is -2.25. The summed E-state index contributed by atoms with van der Waals surface area (Å²) in [5.74, 6) is 0.759. The Labute approximate surface area is 130 Å². The van der Waals surface area contributed by atoms with Crippen LogP contribution in [-0.4, -0.2) is 23.2 Å². The molecule has 2 heterocycles. The first kappa shape index (κ1) is 14.8. The van der Waals surface area contributed by atoms with Gasteiger partial charge in [-0.2, -0.15) is 0 Å². The number of ether oxygens (including phenoxy) is 1. The number of hydrogen-bond donors (Lipinski definition) is 0. The van der Waals surface area contributed by atoms with Crippen LogP contribution >= 0.6 is 0 Å². The molecule has 0 fully saturated rings. The maximum Gasteiger partial charge on any atom is 0.255 e. The molecule has 5 nitrogen and oxygen atoms in total. The minimum atomic E-state index is -0.00316. The van der Waals surface area contributed by atoms with Crippen molar-refractivity contribution in [3.8, 4) is 0 Å². The molecule has 0 amide bonds. The van der Waals surface area contributed by atoms with E-state index in [0.29, 0.717) is 18.8 Å². The third-order valence-corrected chi connectivity index (χ3v) is 3.97. The van der Waals surface area contributed by atoms with E-state index in [9.17, 15) is 4.79 Å². The Balaban J connectivity index is 2.03. The molecule has 5 heteroatoms. The van der Waals surface area contributed by atoms with Crippen LogP contribution in [0.3, 0.4) is 0 Å². The summed E-state index contributed by atoms with van der Waals surface area (Å²) in [5, 5.41) is 0. The van der Waals surface area contributed by atoms with Gasteiger partial charge in [-0.1, -0.05) is 37.3 Å². The first-order chi connectivity index (χ1) is 10.7. The predicted molar refractivity (Wildman–Crippen MR) is 86.0 cm³/mol. The predicted octanol–water partition coefficient (Wildman–Crippen LogP) is 2.36. The summed E-state index contributed by atoms with van der Waals surface area (Å²) >= 11 is 0. The number of methoxy groups -OCH3 is 1. The zero-order valence-electron chi connectivity index (χ0n) is 13.0. The summed E-state index contributed by atoms with van der Waals surface area (Å²) in [6, 6.07) is 12.0. The third-order valence-electron chi connectivity index (χ3n) is 3.97. The number of hydrogen-bond acceptors (Lipinski definition) is 4. The summed E-state index contributed by atoms with van der Waals surface area (Å²) in [7, 11) is 1.61. The molecule has 1 aromatic carbocycles. The lowest BCUT2D eigenvalue weighted by molar-refractivity contribution is 0.181. The highest BCUT2D eigenvalue weighted by Crippen LogP contribution is 2.33. The van der Waals surface area contributed by atoms with E-state index in [0.717, 1.165) is 18.9 Å². The first-order valence-electron chi connectivity index (χ1n) is 7.66. The Bertz CT molecular complexity index is 697. The number of anilines is 1. The summed E-state index contributed by atoms with van der Waals surface area (Å²) in [4.78, 5) is 19.2. The van der Waals surface area contributed by atoms with E-state index in [1.807, 2.05) is 18.2 Å². The van der Waals surface area contributed by atoms with Crippen LogP contribution in [0.1, 0.15) is 30.6 Å². The number of rotatable bonds is 5. The van der Waals surface area contributed by atoms with Crippen LogP contribution in [0.25, 0.3) is 0 Å². The molecule has 1 aromatic heterocycles. The molecule has 0 N–H and O–H groups in total. The molecule has 1 atom stereocenters. The molecule has 1 aliphatic heterocycles. The van der Waals surface area contributed by atoms with Gasteiger partial charge in [-0.3, -0.25) is 9.36 Å². The highest BCUT2D eigenvalue weighted by molar-refractivity contribution is 5.42. The average Bonchev–Trinajstić information content (AvgIpc) is 2.89. The Kier molecular flexibility index (Phi) is 4.24. The Hall–Kier alpha value is -2.14. The third kappa shape index (κ3) is 2.64. The van der Waals surface area contributed by atoms with Gasteiger partial charge in [0.2, 0.25) is 5.95 Å². The lowest BCUT2D eigenvalue weighted by atomic mass is 10.1. The van der Waals surface area contributed by atoms with Crippen LogP contribution < -0.4 is 10.5 Å². The van der Waals surface area contributed by atoms with Crippen molar-refractivity contribution >= 4 is 5.95 Å². The number of fused-ring (bicyclic) bond motifs is 1. The van der Waals surface area contributed by atoms with Crippen LogP contribution in [0.4, 0.5) is 5.95 Å². The molecule has 0 bridgehead atoms. The molecule has 3 rings (SSSR count). The van der Waals surface area contributed by atoms with Gasteiger partial charge in [0, 0.05) is 19.7 Å². The van der Waals surface area contributed by atoms with E-state index >= 15 is 0 Å². The SMILES string of the molecule is CCCN1c2nc(COC)cc(=O)n2CC1c1ccccc1. The number of aromatic nitrogens is 2. The van der Waals surface area contributed by atoms with E-state index < -0.39 is 0 Å². The van der Waals surface area contributed by atoms with Gasteiger partial charge < -0.3 is 9.64 Å². The van der Waals surface area contributed by atoms with Crippen molar-refractivity contribution in [1.29, 1.82) is 0 Å². The molecule has 1 unspecified atom stereocenters. The second-order valence-electron chi connectivity index (χ2n) is 5.55. The van der Waals surface area contributed by atoms with Crippen LogP contribution in [0.15, 0.2) is 41.2 Å². The molecule has 22 heavy (non-hydrogen) atoms. The number of benzene rings is 1. The summed E-state index contributed by atoms with van der Waals surface area (Å²) < 4.78 is 6.89. The van der Waals surface area contributed by atoms with Crippen molar-refractivity contribution in [2.45, 2.75) is 32.5 Å². The topological polar surface area (TPSA) is 47.4 Å². The molecule has 116 valence electrons. The van der Waals surface area contributed by atoms with Gasteiger partial charge in [0.1, 0.15) is 0 Å². The second-order valence-corrected chi connectivity index (χ2v) is 5.55. The highest BCUT2D eigenvalue weighted by Gasteiger charge is 2.32. The smallest absolute Gasteiger partial charge is 0.255 e. The standard InChI is InChI=1S/C17H21N3O2/c1-3-9-19-15(13-7-5-4-6-8-13)11-20-16(21)10-14(12-22-2)18-17(19)20/h4-8,10,15H,3,9,11-12H2,1-2H3. The van der Waals surface area contributed by atoms with E-state index in [2.05, 4.69) is 28.9 Å². The molecule has 2 aromatic rings.